The maximum absolute atomic E-state index is 12.1. The summed E-state index contributed by atoms with van der Waals surface area (Å²) in [5.41, 5.74) is 1.38. The summed E-state index contributed by atoms with van der Waals surface area (Å²) in [6.07, 6.45) is 4.65. The van der Waals surface area contributed by atoms with Crippen LogP contribution >= 0.6 is 0 Å². The van der Waals surface area contributed by atoms with Crippen LogP contribution in [0.4, 0.5) is 0 Å². The smallest absolute Gasteiger partial charge is 0.234 e. The predicted octanol–water partition coefficient (Wildman–Crippen LogP) is 1.39. The molecular formula is C19H20N4O3. The monoisotopic (exact) mass is 352 g/mol. The first-order valence-electron chi connectivity index (χ1n) is 8.60. The van der Waals surface area contributed by atoms with Crippen molar-refractivity contribution in [3.63, 3.8) is 0 Å². The van der Waals surface area contributed by atoms with E-state index in [1.165, 1.54) is 0 Å². The number of hydrogen-bond donors (Lipinski definition) is 1. The molecule has 2 aliphatic rings. The van der Waals surface area contributed by atoms with E-state index in [2.05, 4.69) is 20.2 Å². The first-order chi connectivity index (χ1) is 12.6. The van der Waals surface area contributed by atoms with E-state index < -0.39 is 5.41 Å². The van der Waals surface area contributed by atoms with Gasteiger partial charge in [0.2, 0.25) is 11.8 Å². The zero-order chi connectivity index (χ0) is 18.1. The van der Waals surface area contributed by atoms with Crippen molar-refractivity contribution in [1.29, 1.82) is 0 Å². The van der Waals surface area contributed by atoms with Crippen molar-refractivity contribution in [2.45, 2.75) is 19.4 Å². The SMILES string of the molecule is COc1ccc(-c2ncc(CN3CC[C@@]4(CC(=O)NC4=O)C3)cn2)cc1. The summed E-state index contributed by atoms with van der Waals surface area (Å²) in [5, 5.41) is 2.43. The largest absolute Gasteiger partial charge is 0.497 e. The highest BCUT2D eigenvalue weighted by molar-refractivity contribution is 6.06. The molecule has 2 saturated heterocycles. The van der Waals surface area contributed by atoms with Gasteiger partial charge in [0.05, 0.1) is 12.5 Å². The van der Waals surface area contributed by atoms with Crippen LogP contribution in [0.1, 0.15) is 18.4 Å². The van der Waals surface area contributed by atoms with Gasteiger partial charge in [-0.2, -0.15) is 0 Å². The molecule has 134 valence electrons. The second kappa shape index (κ2) is 6.49. The van der Waals surface area contributed by atoms with Crippen molar-refractivity contribution in [3.8, 4) is 17.1 Å². The number of carbonyl (C=O) groups is 2. The van der Waals surface area contributed by atoms with Crippen molar-refractivity contribution in [2.24, 2.45) is 5.41 Å². The molecule has 2 fully saturated rings. The third-order valence-corrected chi connectivity index (χ3v) is 5.13. The molecule has 7 heteroatoms. The van der Waals surface area contributed by atoms with E-state index in [9.17, 15) is 9.59 Å². The lowest BCUT2D eigenvalue weighted by molar-refractivity contribution is -0.128. The minimum atomic E-state index is -0.541. The van der Waals surface area contributed by atoms with Gasteiger partial charge in [0.25, 0.3) is 0 Å². The third kappa shape index (κ3) is 3.06. The molecule has 3 heterocycles. The zero-order valence-corrected chi connectivity index (χ0v) is 14.6. The van der Waals surface area contributed by atoms with Crippen LogP contribution in [0.3, 0.4) is 0 Å². The van der Waals surface area contributed by atoms with E-state index in [1.807, 2.05) is 36.7 Å². The third-order valence-electron chi connectivity index (χ3n) is 5.13. The minimum absolute atomic E-state index is 0.129. The number of aromatic nitrogens is 2. The topological polar surface area (TPSA) is 84.4 Å². The van der Waals surface area contributed by atoms with E-state index in [1.54, 1.807) is 7.11 Å². The molecule has 1 N–H and O–H groups in total. The lowest BCUT2D eigenvalue weighted by Crippen LogP contribution is -2.34. The molecule has 2 aromatic rings. The Morgan fingerprint density at radius 2 is 1.92 bits per heavy atom. The Morgan fingerprint density at radius 1 is 1.19 bits per heavy atom. The molecular weight excluding hydrogens is 332 g/mol. The molecule has 0 bridgehead atoms. The number of benzene rings is 1. The Hall–Kier alpha value is -2.80. The first kappa shape index (κ1) is 16.7. The van der Waals surface area contributed by atoms with Crippen LogP contribution < -0.4 is 10.1 Å². The van der Waals surface area contributed by atoms with Gasteiger partial charge in [-0.3, -0.25) is 19.8 Å². The number of methoxy groups -OCH3 is 1. The Labute approximate surface area is 151 Å². The Kier molecular flexibility index (Phi) is 4.16. The van der Waals surface area contributed by atoms with Crippen LogP contribution in [-0.4, -0.2) is 46.9 Å². The molecule has 1 aromatic heterocycles. The molecule has 0 saturated carbocycles. The fourth-order valence-electron chi connectivity index (χ4n) is 3.70. The Morgan fingerprint density at radius 3 is 2.54 bits per heavy atom. The minimum Gasteiger partial charge on any atom is -0.497 e. The molecule has 1 aromatic carbocycles. The summed E-state index contributed by atoms with van der Waals surface area (Å²) in [4.78, 5) is 34.7. The number of rotatable bonds is 4. The highest BCUT2D eigenvalue weighted by Crippen LogP contribution is 2.38. The molecule has 2 aliphatic heterocycles. The van der Waals surface area contributed by atoms with Gasteiger partial charge < -0.3 is 4.74 Å². The van der Waals surface area contributed by atoms with E-state index in [4.69, 9.17) is 4.74 Å². The zero-order valence-electron chi connectivity index (χ0n) is 14.6. The van der Waals surface area contributed by atoms with Gasteiger partial charge in [-0.25, -0.2) is 9.97 Å². The summed E-state index contributed by atoms with van der Waals surface area (Å²) in [5.74, 6) is 1.16. The van der Waals surface area contributed by atoms with Gasteiger partial charge in [0, 0.05) is 43.0 Å². The average molecular weight is 352 g/mol. The molecule has 0 aliphatic carbocycles. The summed E-state index contributed by atoms with van der Waals surface area (Å²) in [7, 11) is 1.63. The lowest BCUT2D eigenvalue weighted by Gasteiger charge is -2.20. The normalized spacial score (nSPS) is 22.8. The Balaban J connectivity index is 1.42. The lowest BCUT2D eigenvalue weighted by atomic mass is 9.85. The summed E-state index contributed by atoms with van der Waals surface area (Å²) < 4.78 is 5.16. The van der Waals surface area contributed by atoms with Crippen LogP contribution in [0.15, 0.2) is 36.7 Å². The highest BCUT2D eigenvalue weighted by Gasteiger charge is 2.50. The van der Waals surface area contributed by atoms with E-state index in [-0.39, 0.29) is 11.8 Å². The standard InChI is InChI=1S/C19H20N4O3/c1-26-15-4-2-14(3-5-15)17-20-9-13(10-21-17)11-23-7-6-19(12-23)8-16(24)22-18(19)25/h2-5,9-10H,6-8,11-12H2,1H3,(H,22,24,25)/t19-/m1/s1. The summed E-state index contributed by atoms with van der Waals surface area (Å²) in [6.45, 7) is 2.07. The van der Waals surface area contributed by atoms with Gasteiger partial charge >= 0.3 is 0 Å². The molecule has 0 unspecified atom stereocenters. The molecule has 1 spiro atoms. The van der Waals surface area contributed by atoms with Gasteiger partial charge in [0.15, 0.2) is 5.82 Å². The number of ether oxygens (including phenoxy) is 1. The van der Waals surface area contributed by atoms with Gasteiger partial charge in [-0.15, -0.1) is 0 Å². The van der Waals surface area contributed by atoms with Crippen LogP contribution in [0.25, 0.3) is 11.4 Å². The molecule has 4 rings (SSSR count). The van der Waals surface area contributed by atoms with Gasteiger partial charge in [0.1, 0.15) is 5.75 Å². The van der Waals surface area contributed by atoms with Crippen LogP contribution in [0, 0.1) is 5.41 Å². The number of nitrogens with one attached hydrogen (secondary N) is 1. The van der Waals surface area contributed by atoms with Crippen LogP contribution in [0.2, 0.25) is 0 Å². The number of likely N-dealkylation sites (tertiary alicyclic amines) is 1. The molecule has 2 amide bonds. The van der Waals surface area contributed by atoms with Gasteiger partial charge in [-0.1, -0.05) is 0 Å². The second-order valence-corrected chi connectivity index (χ2v) is 6.94. The summed E-state index contributed by atoms with van der Waals surface area (Å²) >= 11 is 0. The van der Waals surface area contributed by atoms with Crippen LogP contribution in [0.5, 0.6) is 5.75 Å². The first-order valence-corrected chi connectivity index (χ1v) is 8.60. The van der Waals surface area contributed by atoms with Crippen molar-refractivity contribution >= 4 is 11.8 Å². The van der Waals surface area contributed by atoms with Crippen molar-refractivity contribution in [3.05, 3.63) is 42.2 Å². The maximum Gasteiger partial charge on any atom is 0.234 e. The van der Waals surface area contributed by atoms with Crippen LogP contribution in [-0.2, 0) is 16.1 Å². The number of hydrogen-bond acceptors (Lipinski definition) is 6. The van der Waals surface area contributed by atoms with E-state index in [0.717, 1.165) is 29.8 Å². The Bertz CT molecular complexity index is 835. The number of nitrogens with zero attached hydrogens (tertiary/aromatic N) is 3. The average Bonchev–Trinajstić information content (AvgIpc) is 3.18. The van der Waals surface area contributed by atoms with Crippen molar-refractivity contribution in [1.82, 2.24) is 20.2 Å². The molecule has 7 nitrogen and oxygen atoms in total. The number of imide groups is 1. The van der Waals surface area contributed by atoms with E-state index >= 15 is 0 Å². The fourth-order valence-corrected chi connectivity index (χ4v) is 3.70. The van der Waals surface area contributed by atoms with Crippen molar-refractivity contribution in [2.75, 3.05) is 20.2 Å². The molecule has 26 heavy (non-hydrogen) atoms. The predicted molar refractivity (Wildman–Crippen MR) is 94.1 cm³/mol. The van der Waals surface area contributed by atoms with Gasteiger partial charge in [-0.05, 0) is 37.2 Å². The quantitative estimate of drug-likeness (QED) is 0.837. The molecule has 1 atom stereocenters. The number of amides is 2. The maximum atomic E-state index is 12.1. The van der Waals surface area contributed by atoms with E-state index in [0.29, 0.717) is 25.3 Å². The summed E-state index contributed by atoms with van der Waals surface area (Å²) in [6, 6.07) is 7.61. The van der Waals surface area contributed by atoms with Crippen molar-refractivity contribution < 1.29 is 14.3 Å². The fraction of sp³-hybridized carbons (Fsp3) is 0.368. The molecule has 0 radical (unpaired) electrons. The highest BCUT2D eigenvalue weighted by atomic mass is 16.5. The number of carbonyl (C=O) groups excluding carboxylic acids is 2. The second-order valence-electron chi connectivity index (χ2n) is 6.94.